The second kappa shape index (κ2) is 5.14. The molecule has 0 heterocycles. The van der Waals surface area contributed by atoms with Gasteiger partial charge in [0.1, 0.15) is 0 Å². The fourth-order valence-corrected chi connectivity index (χ4v) is 2.87. The zero-order valence-corrected chi connectivity index (χ0v) is 10.3. The van der Waals surface area contributed by atoms with E-state index in [1.165, 1.54) is 0 Å². The van der Waals surface area contributed by atoms with E-state index in [1.54, 1.807) is 4.90 Å². The van der Waals surface area contributed by atoms with E-state index >= 15 is 0 Å². The first-order valence-electron chi connectivity index (χ1n) is 6.49. The molecule has 2 rings (SSSR count). The van der Waals surface area contributed by atoms with E-state index in [0.29, 0.717) is 6.04 Å². The van der Waals surface area contributed by atoms with Gasteiger partial charge >= 0.3 is 6.18 Å². The minimum atomic E-state index is -4.05. The second-order valence-electron chi connectivity index (χ2n) is 5.31. The molecular formula is C12H21F3N2. The Balaban J connectivity index is 1.89. The van der Waals surface area contributed by atoms with E-state index < -0.39 is 12.7 Å². The Kier molecular flexibility index (Phi) is 3.98. The maximum absolute atomic E-state index is 12.5. The Hall–Kier alpha value is -0.290. The molecule has 0 bridgehead atoms. The minimum absolute atomic E-state index is 0.147. The van der Waals surface area contributed by atoms with Crippen molar-refractivity contribution in [2.24, 2.45) is 0 Å². The molecule has 0 amide bonds. The van der Waals surface area contributed by atoms with Crippen LogP contribution in [0.15, 0.2) is 0 Å². The van der Waals surface area contributed by atoms with Crippen molar-refractivity contribution in [2.75, 3.05) is 13.6 Å². The smallest absolute Gasteiger partial charge is 0.317 e. The van der Waals surface area contributed by atoms with Crippen LogP contribution in [-0.2, 0) is 0 Å². The maximum Gasteiger partial charge on any atom is 0.401 e. The van der Waals surface area contributed by atoms with Crippen molar-refractivity contribution in [3.8, 4) is 0 Å². The normalized spacial score (nSPS) is 30.9. The van der Waals surface area contributed by atoms with Crippen LogP contribution in [0.2, 0.25) is 0 Å². The quantitative estimate of drug-likeness (QED) is 0.825. The third-order valence-corrected chi connectivity index (χ3v) is 3.95. The van der Waals surface area contributed by atoms with Crippen LogP contribution in [0.1, 0.15) is 38.5 Å². The molecule has 0 radical (unpaired) electrons. The summed E-state index contributed by atoms with van der Waals surface area (Å²) in [7, 11) is 1.93. The van der Waals surface area contributed by atoms with Crippen LogP contribution in [0.25, 0.3) is 0 Å². The van der Waals surface area contributed by atoms with Crippen LogP contribution in [0, 0.1) is 0 Å². The Labute approximate surface area is 101 Å². The lowest BCUT2D eigenvalue weighted by Gasteiger charge is -2.37. The summed E-state index contributed by atoms with van der Waals surface area (Å²) < 4.78 is 37.6. The fraction of sp³-hybridized carbons (Fsp3) is 1.00. The third-order valence-electron chi connectivity index (χ3n) is 3.95. The van der Waals surface area contributed by atoms with Gasteiger partial charge in [-0.15, -0.1) is 0 Å². The summed E-state index contributed by atoms with van der Waals surface area (Å²) in [6.07, 6.45) is 1.65. The summed E-state index contributed by atoms with van der Waals surface area (Å²) >= 11 is 0. The highest BCUT2D eigenvalue weighted by Gasteiger charge is 2.41. The highest BCUT2D eigenvalue weighted by molar-refractivity contribution is 4.92. The third kappa shape index (κ3) is 3.85. The molecule has 5 heteroatoms. The molecule has 0 aromatic carbocycles. The molecule has 0 aromatic rings. The summed E-state index contributed by atoms with van der Waals surface area (Å²) in [5.41, 5.74) is 0. The van der Waals surface area contributed by atoms with Crippen molar-refractivity contribution in [2.45, 2.75) is 62.8 Å². The van der Waals surface area contributed by atoms with Gasteiger partial charge in [0, 0.05) is 18.1 Å². The first kappa shape index (κ1) is 13.1. The van der Waals surface area contributed by atoms with Crippen LogP contribution in [-0.4, -0.2) is 42.8 Å². The van der Waals surface area contributed by atoms with Crippen molar-refractivity contribution in [1.82, 2.24) is 10.2 Å². The van der Waals surface area contributed by atoms with Crippen molar-refractivity contribution in [1.29, 1.82) is 0 Å². The zero-order valence-electron chi connectivity index (χ0n) is 10.3. The molecular weight excluding hydrogens is 229 g/mol. The van der Waals surface area contributed by atoms with Gasteiger partial charge in [-0.3, -0.25) is 4.90 Å². The molecule has 2 aliphatic rings. The van der Waals surface area contributed by atoms with Gasteiger partial charge in [-0.25, -0.2) is 0 Å². The summed E-state index contributed by atoms with van der Waals surface area (Å²) in [5.74, 6) is 0. The average molecular weight is 250 g/mol. The Bertz CT molecular complexity index is 243. The predicted octanol–water partition coefficient (Wildman–Crippen LogP) is 2.54. The van der Waals surface area contributed by atoms with Gasteiger partial charge < -0.3 is 5.32 Å². The van der Waals surface area contributed by atoms with Gasteiger partial charge in [0.15, 0.2) is 0 Å². The second-order valence-corrected chi connectivity index (χ2v) is 5.31. The van der Waals surface area contributed by atoms with E-state index in [1.807, 2.05) is 7.05 Å². The first-order valence-corrected chi connectivity index (χ1v) is 6.49. The number of nitrogens with zero attached hydrogens (tertiary/aromatic N) is 1. The van der Waals surface area contributed by atoms with Crippen molar-refractivity contribution < 1.29 is 13.2 Å². The van der Waals surface area contributed by atoms with E-state index in [4.69, 9.17) is 0 Å². The molecule has 2 aliphatic carbocycles. The zero-order chi connectivity index (χ0) is 12.5. The van der Waals surface area contributed by atoms with Crippen LogP contribution < -0.4 is 5.32 Å². The molecule has 0 unspecified atom stereocenters. The molecule has 0 saturated heterocycles. The average Bonchev–Trinajstić information content (AvgIpc) is 3.09. The lowest BCUT2D eigenvalue weighted by molar-refractivity contribution is -0.153. The molecule has 0 spiro atoms. The van der Waals surface area contributed by atoms with E-state index in [9.17, 15) is 13.2 Å². The largest absolute Gasteiger partial charge is 0.401 e. The van der Waals surface area contributed by atoms with Crippen LogP contribution in [0.5, 0.6) is 0 Å². The Morgan fingerprint density at radius 1 is 1.00 bits per heavy atom. The number of nitrogens with one attached hydrogen (secondary N) is 1. The number of rotatable bonds is 4. The summed E-state index contributed by atoms with van der Waals surface area (Å²) in [4.78, 5) is 1.71. The Morgan fingerprint density at radius 3 is 1.82 bits per heavy atom. The molecule has 0 aliphatic heterocycles. The van der Waals surface area contributed by atoms with E-state index in [-0.39, 0.29) is 12.1 Å². The molecule has 2 fully saturated rings. The number of hydrogen-bond acceptors (Lipinski definition) is 2. The molecule has 0 atom stereocenters. The summed E-state index contributed by atoms with van der Waals surface area (Å²) in [6, 6.07) is 0.847. The molecule has 100 valence electrons. The van der Waals surface area contributed by atoms with Crippen molar-refractivity contribution >= 4 is 0 Å². The molecule has 1 N–H and O–H groups in total. The van der Waals surface area contributed by atoms with Gasteiger partial charge in [-0.2, -0.15) is 13.2 Å². The maximum atomic E-state index is 12.5. The van der Waals surface area contributed by atoms with Crippen molar-refractivity contribution in [3.63, 3.8) is 0 Å². The molecule has 2 nitrogen and oxygen atoms in total. The summed E-state index contributed by atoms with van der Waals surface area (Å²) in [5, 5.41) is 3.22. The molecule has 0 aromatic heterocycles. The van der Waals surface area contributed by atoms with Crippen molar-refractivity contribution in [3.05, 3.63) is 0 Å². The van der Waals surface area contributed by atoms with E-state index in [2.05, 4.69) is 5.32 Å². The van der Waals surface area contributed by atoms with Gasteiger partial charge in [0.2, 0.25) is 0 Å². The number of alkyl halides is 3. The lowest BCUT2D eigenvalue weighted by Crippen LogP contribution is -2.46. The monoisotopic (exact) mass is 250 g/mol. The van der Waals surface area contributed by atoms with Crippen LogP contribution >= 0.6 is 0 Å². The van der Waals surface area contributed by atoms with Gasteiger partial charge in [0.05, 0.1) is 6.54 Å². The first-order chi connectivity index (χ1) is 7.99. The van der Waals surface area contributed by atoms with Crippen LogP contribution in [0.4, 0.5) is 13.2 Å². The fourth-order valence-electron chi connectivity index (χ4n) is 2.87. The number of hydrogen-bond donors (Lipinski definition) is 1. The molecule has 17 heavy (non-hydrogen) atoms. The lowest BCUT2D eigenvalue weighted by atomic mass is 9.90. The van der Waals surface area contributed by atoms with Gasteiger partial charge in [0.25, 0.3) is 0 Å². The SMILES string of the molecule is CNC1CCC(N(CC(F)(F)F)C2CC2)CC1. The number of halogens is 3. The topological polar surface area (TPSA) is 15.3 Å². The van der Waals surface area contributed by atoms with Gasteiger partial charge in [-0.05, 0) is 45.6 Å². The predicted molar refractivity (Wildman–Crippen MR) is 60.9 cm³/mol. The minimum Gasteiger partial charge on any atom is -0.317 e. The highest BCUT2D eigenvalue weighted by Crippen LogP contribution is 2.35. The van der Waals surface area contributed by atoms with Gasteiger partial charge in [-0.1, -0.05) is 0 Å². The van der Waals surface area contributed by atoms with E-state index in [0.717, 1.165) is 38.5 Å². The van der Waals surface area contributed by atoms with Crippen LogP contribution in [0.3, 0.4) is 0 Å². The molecule has 2 saturated carbocycles. The Morgan fingerprint density at radius 2 is 1.47 bits per heavy atom. The summed E-state index contributed by atoms with van der Waals surface area (Å²) in [6.45, 7) is -0.716. The highest BCUT2D eigenvalue weighted by atomic mass is 19.4. The standard InChI is InChI=1S/C12H21F3N2/c1-16-9-2-4-10(5-3-9)17(11-6-7-11)8-12(13,14)15/h9-11,16H,2-8H2,1H3.